The summed E-state index contributed by atoms with van der Waals surface area (Å²) in [6.45, 7) is 6.41. The largest absolute Gasteiger partial charge is 0.326 e. The quantitative estimate of drug-likeness (QED) is 0.828. The Balaban J connectivity index is 1.78. The number of piperidine rings is 1. The predicted octanol–water partition coefficient (Wildman–Crippen LogP) is 3.91. The zero-order valence-electron chi connectivity index (χ0n) is 16.7. The smallest absolute Gasteiger partial charge is 0.243 e. The lowest BCUT2D eigenvalue weighted by Crippen LogP contribution is -2.43. The molecule has 1 saturated heterocycles. The molecule has 28 heavy (non-hydrogen) atoms. The van der Waals surface area contributed by atoms with Gasteiger partial charge in [0.2, 0.25) is 15.9 Å². The molecule has 5 nitrogen and oxygen atoms in total. The molecule has 2 aromatic carbocycles. The van der Waals surface area contributed by atoms with Gasteiger partial charge in [0, 0.05) is 18.8 Å². The number of anilines is 1. The highest BCUT2D eigenvalue weighted by Crippen LogP contribution is 2.27. The summed E-state index contributed by atoms with van der Waals surface area (Å²) < 4.78 is 27.8. The summed E-state index contributed by atoms with van der Waals surface area (Å²) in [6.07, 6.45) is 2.20. The fourth-order valence-electron chi connectivity index (χ4n) is 3.68. The minimum atomic E-state index is -3.61. The van der Waals surface area contributed by atoms with Gasteiger partial charge in [0.05, 0.1) is 10.8 Å². The van der Waals surface area contributed by atoms with Crippen LogP contribution in [0.5, 0.6) is 0 Å². The molecule has 1 fully saturated rings. The molecule has 0 bridgehead atoms. The molecule has 0 aliphatic carbocycles. The van der Waals surface area contributed by atoms with Crippen LogP contribution in [-0.2, 0) is 21.2 Å². The summed E-state index contributed by atoms with van der Waals surface area (Å²) in [5.41, 5.74) is 3.52. The number of aryl methyl sites for hydroxylation is 3. The summed E-state index contributed by atoms with van der Waals surface area (Å²) in [7, 11) is -3.61. The van der Waals surface area contributed by atoms with Gasteiger partial charge in [-0.05, 0) is 61.9 Å². The lowest BCUT2D eigenvalue weighted by Gasteiger charge is -2.31. The first kappa shape index (κ1) is 20.6. The van der Waals surface area contributed by atoms with Crippen molar-refractivity contribution in [2.45, 2.75) is 44.9 Å². The van der Waals surface area contributed by atoms with Crippen molar-refractivity contribution < 1.29 is 13.2 Å². The lowest BCUT2D eigenvalue weighted by atomic mass is 9.98. The summed E-state index contributed by atoms with van der Waals surface area (Å²) >= 11 is 0. The number of carbonyl (C=O) groups is 1. The molecule has 1 atom stereocenters. The fraction of sp³-hybridized carbons (Fsp3) is 0.409. The molecule has 6 heteroatoms. The van der Waals surface area contributed by atoms with E-state index >= 15 is 0 Å². The monoisotopic (exact) mass is 400 g/mol. The molecule has 1 N–H and O–H groups in total. The number of nitrogens with one attached hydrogen (secondary N) is 1. The Kier molecular flexibility index (Phi) is 6.20. The summed E-state index contributed by atoms with van der Waals surface area (Å²) in [5, 5.41) is 3.00. The van der Waals surface area contributed by atoms with Crippen LogP contribution in [0.3, 0.4) is 0 Å². The first-order valence-electron chi connectivity index (χ1n) is 9.79. The van der Waals surface area contributed by atoms with Gasteiger partial charge < -0.3 is 5.32 Å². The second-order valence-electron chi connectivity index (χ2n) is 7.47. The molecular weight excluding hydrogens is 372 g/mol. The number of nitrogens with zero attached hydrogens (tertiary/aromatic N) is 1. The maximum Gasteiger partial charge on any atom is 0.243 e. The predicted molar refractivity (Wildman–Crippen MR) is 112 cm³/mol. The van der Waals surface area contributed by atoms with Gasteiger partial charge >= 0.3 is 0 Å². The third-order valence-electron chi connectivity index (χ3n) is 5.37. The molecular formula is C22H28N2O3S. The summed E-state index contributed by atoms with van der Waals surface area (Å²) in [4.78, 5) is 13.2. The molecule has 0 aromatic heterocycles. The Labute approximate surface area is 167 Å². The van der Waals surface area contributed by atoms with Crippen LogP contribution in [0.1, 0.15) is 36.5 Å². The number of hydrogen-bond donors (Lipinski definition) is 1. The minimum Gasteiger partial charge on any atom is -0.326 e. The van der Waals surface area contributed by atoms with E-state index in [2.05, 4.69) is 5.32 Å². The van der Waals surface area contributed by atoms with E-state index in [1.807, 2.05) is 57.2 Å². The van der Waals surface area contributed by atoms with Gasteiger partial charge in [0.25, 0.3) is 0 Å². The third kappa shape index (κ3) is 4.28. The van der Waals surface area contributed by atoms with Crippen LogP contribution >= 0.6 is 0 Å². The Hall–Kier alpha value is -2.18. The van der Waals surface area contributed by atoms with E-state index in [1.165, 1.54) is 4.31 Å². The Morgan fingerprint density at radius 1 is 1.18 bits per heavy atom. The van der Waals surface area contributed by atoms with Gasteiger partial charge in [-0.2, -0.15) is 4.31 Å². The van der Waals surface area contributed by atoms with Gasteiger partial charge in [-0.15, -0.1) is 0 Å². The lowest BCUT2D eigenvalue weighted by molar-refractivity contribution is -0.120. The third-order valence-corrected chi connectivity index (χ3v) is 7.38. The number of carbonyl (C=O) groups excluding carboxylic acids is 1. The second kappa shape index (κ2) is 8.45. The highest BCUT2D eigenvalue weighted by atomic mass is 32.2. The molecule has 1 aliphatic rings. The minimum absolute atomic E-state index is 0.109. The van der Waals surface area contributed by atoms with Crippen LogP contribution in [-0.4, -0.2) is 31.7 Å². The Morgan fingerprint density at radius 3 is 2.68 bits per heavy atom. The van der Waals surface area contributed by atoms with Gasteiger partial charge in [-0.3, -0.25) is 4.79 Å². The SMILES string of the molecule is CCc1ccccc1NC(=O)[C@@H]1CCCN(S(=O)(=O)c2cc(C)ccc2C)C1. The van der Waals surface area contributed by atoms with Crippen LogP contribution in [0.25, 0.3) is 0 Å². The van der Waals surface area contributed by atoms with Crippen molar-refractivity contribution >= 4 is 21.6 Å². The number of para-hydroxylation sites is 1. The average molecular weight is 401 g/mol. The van der Waals surface area contributed by atoms with Crippen LogP contribution in [0.2, 0.25) is 0 Å². The van der Waals surface area contributed by atoms with E-state index in [4.69, 9.17) is 0 Å². The molecule has 0 spiro atoms. The standard InChI is InChI=1S/C22H28N2O3S/c1-4-18-8-5-6-10-20(18)23-22(25)19-9-7-13-24(15-19)28(26,27)21-14-16(2)11-12-17(21)3/h5-6,8,10-12,14,19H,4,7,9,13,15H2,1-3H3,(H,23,25)/t19-/m1/s1. The van der Waals surface area contributed by atoms with Gasteiger partial charge in [0.1, 0.15) is 0 Å². The van der Waals surface area contributed by atoms with Crippen LogP contribution < -0.4 is 5.32 Å². The van der Waals surface area contributed by atoms with E-state index < -0.39 is 10.0 Å². The number of sulfonamides is 1. The summed E-state index contributed by atoms with van der Waals surface area (Å²) in [5.74, 6) is -0.458. The normalized spacial score (nSPS) is 18.0. The van der Waals surface area contributed by atoms with Gasteiger partial charge in [0.15, 0.2) is 0 Å². The van der Waals surface area contributed by atoms with E-state index in [0.717, 1.165) is 28.8 Å². The zero-order valence-corrected chi connectivity index (χ0v) is 17.6. The van der Waals surface area contributed by atoms with Gasteiger partial charge in [-0.1, -0.05) is 37.3 Å². The van der Waals surface area contributed by atoms with Crippen LogP contribution in [0.15, 0.2) is 47.4 Å². The highest BCUT2D eigenvalue weighted by molar-refractivity contribution is 7.89. The number of benzene rings is 2. The maximum absolute atomic E-state index is 13.2. The van der Waals surface area contributed by atoms with Crippen LogP contribution in [0, 0.1) is 19.8 Å². The molecule has 2 aromatic rings. The average Bonchev–Trinajstić information content (AvgIpc) is 2.70. The molecule has 1 amide bonds. The highest BCUT2D eigenvalue weighted by Gasteiger charge is 2.34. The first-order chi connectivity index (χ1) is 13.3. The first-order valence-corrected chi connectivity index (χ1v) is 11.2. The van der Waals surface area contributed by atoms with Crippen molar-refractivity contribution in [2.75, 3.05) is 18.4 Å². The number of rotatable bonds is 5. The van der Waals surface area contributed by atoms with Crippen molar-refractivity contribution in [3.05, 3.63) is 59.2 Å². The van der Waals surface area contributed by atoms with Crippen molar-refractivity contribution in [3.63, 3.8) is 0 Å². The molecule has 0 unspecified atom stereocenters. The van der Waals surface area contributed by atoms with Crippen molar-refractivity contribution in [2.24, 2.45) is 5.92 Å². The van der Waals surface area contributed by atoms with E-state index in [9.17, 15) is 13.2 Å². The number of amides is 1. The molecule has 0 saturated carbocycles. The number of hydrogen-bond acceptors (Lipinski definition) is 3. The molecule has 1 aliphatic heterocycles. The maximum atomic E-state index is 13.2. The molecule has 0 radical (unpaired) electrons. The zero-order chi connectivity index (χ0) is 20.3. The molecule has 1 heterocycles. The fourth-order valence-corrected chi connectivity index (χ4v) is 5.52. The molecule has 3 rings (SSSR count). The van der Waals surface area contributed by atoms with Crippen LogP contribution in [0.4, 0.5) is 5.69 Å². The van der Waals surface area contributed by atoms with E-state index in [-0.39, 0.29) is 18.4 Å². The summed E-state index contributed by atoms with van der Waals surface area (Å²) in [6, 6.07) is 13.2. The van der Waals surface area contributed by atoms with Crippen molar-refractivity contribution in [3.8, 4) is 0 Å². The topological polar surface area (TPSA) is 66.5 Å². The Bertz CT molecular complexity index is 969. The Morgan fingerprint density at radius 2 is 1.93 bits per heavy atom. The molecule has 150 valence electrons. The second-order valence-corrected chi connectivity index (χ2v) is 9.38. The van der Waals surface area contributed by atoms with E-state index in [1.54, 1.807) is 6.07 Å². The van der Waals surface area contributed by atoms with E-state index in [0.29, 0.717) is 24.3 Å². The van der Waals surface area contributed by atoms with Gasteiger partial charge in [-0.25, -0.2) is 8.42 Å². The van der Waals surface area contributed by atoms with Crippen molar-refractivity contribution in [1.29, 1.82) is 0 Å². The van der Waals surface area contributed by atoms with Crippen molar-refractivity contribution in [1.82, 2.24) is 4.31 Å².